The molecule has 1 heterocycles. The smallest absolute Gasteiger partial charge is 0.234 e. The van der Waals surface area contributed by atoms with Crippen LogP contribution in [0.15, 0.2) is 12.4 Å². The Balaban J connectivity index is 2.28. The zero-order valence-electron chi connectivity index (χ0n) is 19.0. The summed E-state index contributed by atoms with van der Waals surface area (Å²) in [5.74, 6) is 1.58. The topological polar surface area (TPSA) is 8.81 Å². The minimum absolute atomic E-state index is 1.20. The monoisotopic (exact) mass is 377 g/mol. The molecule has 0 radical (unpaired) electrons. The van der Waals surface area contributed by atoms with Crippen molar-refractivity contribution in [1.29, 1.82) is 0 Å². The lowest BCUT2D eigenvalue weighted by Gasteiger charge is -2.06. The second-order valence-electron chi connectivity index (χ2n) is 8.45. The largest absolute Gasteiger partial charge is 0.256 e. The molecule has 0 aromatic carbocycles. The lowest BCUT2D eigenvalue weighted by molar-refractivity contribution is -0.704. The molecule has 0 saturated carbocycles. The van der Waals surface area contributed by atoms with Crippen molar-refractivity contribution in [3.8, 4) is 0 Å². The van der Waals surface area contributed by atoms with Crippen molar-refractivity contribution in [3.05, 3.63) is 18.2 Å². The van der Waals surface area contributed by atoms with Crippen LogP contribution in [0.2, 0.25) is 0 Å². The average molecular weight is 378 g/mol. The molecule has 0 aliphatic carbocycles. The fourth-order valence-corrected chi connectivity index (χ4v) is 4.00. The van der Waals surface area contributed by atoms with Crippen molar-refractivity contribution in [1.82, 2.24) is 4.57 Å². The summed E-state index contributed by atoms with van der Waals surface area (Å²) >= 11 is 0. The Morgan fingerprint density at radius 2 is 1.15 bits per heavy atom. The summed E-state index contributed by atoms with van der Waals surface area (Å²) in [7, 11) is 0. The maximum absolute atomic E-state index is 2.55. The van der Waals surface area contributed by atoms with Crippen LogP contribution in [0.25, 0.3) is 0 Å². The maximum atomic E-state index is 2.55. The highest BCUT2D eigenvalue weighted by Gasteiger charge is 2.16. The van der Waals surface area contributed by atoms with E-state index in [1.54, 1.807) is 5.82 Å². The van der Waals surface area contributed by atoms with Gasteiger partial charge in [0.25, 0.3) is 5.82 Å². The summed E-state index contributed by atoms with van der Waals surface area (Å²) in [6, 6.07) is 0. The van der Waals surface area contributed by atoms with Crippen LogP contribution < -0.4 is 4.57 Å². The first-order valence-corrected chi connectivity index (χ1v) is 12.4. The van der Waals surface area contributed by atoms with Gasteiger partial charge in [-0.2, -0.15) is 0 Å². The van der Waals surface area contributed by atoms with Gasteiger partial charge in [0, 0.05) is 6.42 Å². The molecule has 2 nitrogen and oxygen atoms in total. The number of aromatic nitrogens is 2. The van der Waals surface area contributed by atoms with Gasteiger partial charge in [0.05, 0.1) is 13.1 Å². The summed E-state index contributed by atoms with van der Waals surface area (Å²) in [4.78, 5) is 0. The number of hydrogen-bond acceptors (Lipinski definition) is 0. The lowest BCUT2D eigenvalue weighted by atomic mass is 10.1. The van der Waals surface area contributed by atoms with Crippen LogP contribution in [0, 0.1) is 0 Å². The molecule has 0 atom stereocenters. The molecule has 27 heavy (non-hydrogen) atoms. The molecule has 1 rings (SSSR count). The van der Waals surface area contributed by atoms with E-state index < -0.39 is 0 Å². The van der Waals surface area contributed by atoms with Crippen molar-refractivity contribution in [3.63, 3.8) is 0 Å². The highest BCUT2D eigenvalue weighted by atomic mass is 15.1. The van der Waals surface area contributed by atoms with Gasteiger partial charge in [-0.1, -0.05) is 97.8 Å². The van der Waals surface area contributed by atoms with Gasteiger partial charge in [0.2, 0.25) is 0 Å². The lowest BCUT2D eigenvalue weighted by Crippen LogP contribution is -2.37. The van der Waals surface area contributed by atoms with Crippen LogP contribution >= 0.6 is 0 Å². The normalized spacial score (nSPS) is 11.4. The van der Waals surface area contributed by atoms with Crippen LogP contribution in [0.1, 0.15) is 129 Å². The predicted octanol–water partition coefficient (Wildman–Crippen LogP) is 7.62. The minimum atomic E-state index is 1.20. The number of unbranched alkanes of at least 4 members (excludes halogenated alkanes) is 13. The molecule has 0 aliphatic rings. The molecule has 1 aromatic rings. The molecule has 0 aliphatic heterocycles. The Hall–Kier alpha value is -0.790. The first-order chi connectivity index (χ1) is 13.3. The van der Waals surface area contributed by atoms with Gasteiger partial charge in [-0.3, -0.25) is 0 Å². The molecular formula is C25H49N2+. The Morgan fingerprint density at radius 1 is 0.630 bits per heavy atom. The van der Waals surface area contributed by atoms with Crippen molar-refractivity contribution in [2.24, 2.45) is 0 Å². The number of rotatable bonds is 19. The first kappa shape index (κ1) is 24.2. The SMILES string of the molecule is CCCCCCCCCCCCc1n(CCCC)cc[n+]1CCCCCC. The van der Waals surface area contributed by atoms with E-state index in [1.807, 2.05) is 0 Å². The molecule has 1 aromatic heterocycles. The summed E-state index contributed by atoms with van der Waals surface area (Å²) < 4.78 is 5.09. The molecule has 0 unspecified atom stereocenters. The van der Waals surface area contributed by atoms with Crippen LogP contribution in [-0.2, 0) is 19.5 Å². The van der Waals surface area contributed by atoms with E-state index in [0.29, 0.717) is 0 Å². The third-order valence-corrected chi connectivity index (χ3v) is 5.85. The van der Waals surface area contributed by atoms with Crippen molar-refractivity contribution in [2.45, 2.75) is 143 Å². The Morgan fingerprint density at radius 3 is 1.74 bits per heavy atom. The number of hydrogen-bond donors (Lipinski definition) is 0. The quantitative estimate of drug-likeness (QED) is 0.173. The first-order valence-electron chi connectivity index (χ1n) is 12.4. The van der Waals surface area contributed by atoms with Gasteiger partial charge in [-0.05, 0) is 25.7 Å². The van der Waals surface area contributed by atoms with Crippen LogP contribution in [-0.4, -0.2) is 4.57 Å². The van der Waals surface area contributed by atoms with Crippen LogP contribution in [0.3, 0.4) is 0 Å². The van der Waals surface area contributed by atoms with E-state index in [4.69, 9.17) is 0 Å². The number of imidazole rings is 1. The van der Waals surface area contributed by atoms with Gasteiger partial charge in [0.1, 0.15) is 12.4 Å². The fourth-order valence-electron chi connectivity index (χ4n) is 4.00. The molecule has 158 valence electrons. The Bertz CT molecular complexity index is 436. The van der Waals surface area contributed by atoms with E-state index in [2.05, 4.69) is 42.3 Å². The minimum Gasteiger partial charge on any atom is -0.234 e. The van der Waals surface area contributed by atoms with Gasteiger partial charge >= 0.3 is 0 Å². The van der Waals surface area contributed by atoms with E-state index in [-0.39, 0.29) is 0 Å². The standard InChI is InChI=1S/C25H49N2/c1-4-7-10-12-13-14-15-16-17-18-20-25-26(21-9-6-3)23-24-27(25)22-19-11-8-5-2/h23-24H,4-22H2,1-3H3/q+1. The molecule has 2 heteroatoms. The zero-order chi connectivity index (χ0) is 19.6. The predicted molar refractivity (Wildman–Crippen MR) is 119 cm³/mol. The summed E-state index contributed by atoms with van der Waals surface area (Å²) in [6.45, 7) is 9.31. The molecule has 0 spiro atoms. The molecule has 0 fully saturated rings. The fraction of sp³-hybridized carbons (Fsp3) is 0.880. The van der Waals surface area contributed by atoms with Crippen molar-refractivity contribution in [2.75, 3.05) is 0 Å². The third kappa shape index (κ3) is 11.6. The maximum Gasteiger partial charge on any atom is 0.256 e. The Kier molecular flexibility index (Phi) is 15.6. The van der Waals surface area contributed by atoms with Crippen molar-refractivity contribution >= 4 is 0 Å². The second-order valence-corrected chi connectivity index (χ2v) is 8.45. The zero-order valence-corrected chi connectivity index (χ0v) is 19.0. The summed E-state index contributed by atoms with van der Waals surface area (Å²) in [5, 5.41) is 0. The van der Waals surface area contributed by atoms with E-state index in [1.165, 1.54) is 122 Å². The number of aryl methyl sites for hydroxylation is 2. The highest BCUT2D eigenvalue weighted by Crippen LogP contribution is 2.12. The van der Waals surface area contributed by atoms with Gasteiger partial charge < -0.3 is 0 Å². The van der Waals surface area contributed by atoms with Gasteiger partial charge in [-0.25, -0.2) is 9.13 Å². The molecule has 0 bridgehead atoms. The van der Waals surface area contributed by atoms with E-state index in [0.717, 1.165) is 0 Å². The molecule has 0 N–H and O–H groups in total. The molecular weight excluding hydrogens is 328 g/mol. The Labute approximate surface area is 170 Å². The molecule has 0 amide bonds. The highest BCUT2D eigenvalue weighted by molar-refractivity contribution is 4.84. The average Bonchev–Trinajstić information content (AvgIpc) is 3.06. The van der Waals surface area contributed by atoms with E-state index in [9.17, 15) is 0 Å². The van der Waals surface area contributed by atoms with Crippen LogP contribution in [0.4, 0.5) is 0 Å². The van der Waals surface area contributed by atoms with Crippen LogP contribution in [0.5, 0.6) is 0 Å². The summed E-state index contributed by atoms with van der Waals surface area (Å²) in [6.07, 6.45) is 28.2. The third-order valence-electron chi connectivity index (χ3n) is 5.85. The number of nitrogens with zero attached hydrogens (tertiary/aromatic N) is 2. The summed E-state index contributed by atoms with van der Waals surface area (Å²) in [5.41, 5.74) is 0. The van der Waals surface area contributed by atoms with Gasteiger partial charge in [-0.15, -0.1) is 0 Å². The molecule has 0 saturated heterocycles. The van der Waals surface area contributed by atoms with Crippen molar-refractivity contribution < 1.29 is 4.57 Å². The van der Waals surface area contributed by atoms with E-state index >= 15 is 0 Å². The second kappa shape index (κ2) is 17.3. The van der Waals surface area contributed by atoms with Gasteiger partial charge in [0.15, 0.2) is 0 Å².